The molecule has 0 atom stereocenters. The summed E-state index contributed by atoms with van der Waals surface area (Å²) in [6.07, 6.45) is 5.86. The van der Waals surface area contributed by atoms with E-state index in [1.807, 2.05) is 60.7 Å². The number of esters is 2. The van der Waals surface area contributed by atoms with Crippen LogP contribution in [-0.4, -0.2) is 36.9 Å². The molecule has 0 unspecified atom stereocenters. The van der Waals surface area contributed by atoms with Gasteiger partial charge in [0, 0.05) is 23.0 Å². The second-order valence-corrected chi connectivity index (χ2v) is 10.2. The molecule has 0 saturated heterocycles. The summed E-state index contributed by atoms with van der Waals surface area (Å²) in [5, 5.41) is -0.0413. The highest BCUT2D eigenvalue weighted by Crippen LogP contribution is 2.29. The molecule has 0 heterocycles. The van der Waals surface area contributed by atoms with E-state index in [-0.39, 0.29) is 24.3 Å². The zero-order valence-corrected chi connectivity index (χ0v) is 24.7. The van der Waals surface area contributed by atoms with Crippen LogP contribution in [0.15, 0.2) is 97.1 Å². The van der Waals surface area contributed by atoms with Gasteiger partial charge in [-0.2, -0.15) is 0 Å². The number of carbonyl (C=O) groups excluding carboxylic acids is 3. The fourth-order valence-electron chi connectivity index (χ4n) is 3.99. The maximum atomic E-state index is 12.9. The highest BCUT2D eigenvalue weighted by molar-refractivity contribution is 8.14. The fourth-order valence-corrected chi connectivity index (χ4v) is 4.73. The van der Waals surface area contributed by atoms with Crippen molar-refractivity contribution >= 4 is 28.8 Å². The average molecular weight is 589 g/mol. The summed E-state index contributed by atoms with van der Waals surface area (Å²) < 4.78 is 21.2. The lowest BCUT2D eigenvalue weighted by Crippen LogP contribution is -2.10. The Morgan fingerprint density at radius 3 is 2.24 bits per heavy atom. The van der Waals surface area contributed by atoms with Gasteiger partial charge in [0.05, 0.1) is 12.9 Å². The highest BCUT2D eigenvalue weighted by atomic mass is 32.2. The molecule has 0 aliphatic heterocycles. The molecule has 0 fully saturated rings. The number of aryl methyl sites for hydroxylation is 1. The smallest absolute Gasteiger partial charge is 0.330 e. The number of rotatable bonds is 17. The monoisotopic (exact) mass is 588 g/mol. The van der Waals surface area contributed by atoms with E-state index in [2.05, 4.69) is 26.1 Å². The number of ether oxygens (including phenoxy) is 4. The number of carbonyl (C=O) groups is 3. The van der Waals surface area contributed by atoms with Crippen LogP contribution in [0, 0.1) is 0 Å². The molecule has 0 aliphatic rings. The Labute approximate surface area is 251 Å². The Morgan fingerprint density at radius 2 is 1.55 bits per heavy atom. The first kappa shape index (κ1) is 32.2. The molecule has 7 nitrogen and oxygen atoms in total. The van der Waals surface area contributed by atoms with E-state index in [1.54, 1.807) is 0 Å². The summed E-state index contributed by atoms with van der Waals surface area (Å²) in [5.74, 6) is 0.744. The molecule has 0 saturated carbocycles. The van der Waals surface area contributed by atoms with Gasteiger partial charge in [0.2, 0.25) is 5.12 Å². The highest BCUT2D eigenvalue weighted by Gasteiger charge is 2.11. The van der Waals surface area contributed by atoms with Gasteiger partial charge >= 0.3 is 11.9 Å². The predicted molar refractivity (Wildman–Crippen MR) is 165 cm³/mol. The predicted octanol–water partition coefficient (Wildman–Crippen LogP) is 7.58. The molecular weight excluding hydrogens is 552 g/mol. The third-order valence-corrected chi connectivity index (χ3v) is 7.12. The van der Waals surface area contributed by atoms with Crippen LogP contribution in [0.25, 0.3) is 11.1 Å². The Bertz CT molecular complexity index is 1350. The normalized spacial score (nSPS) is 10.4. The van der Waals surface area contributed by atoms with Crippen LogP contribution in [-0.2, 0) is 25.5 Å². The summed E-state index contributed by atoms with van der Waals surface area (Å²) in [4.78, 5) is 36.2. The van der Waals surface area contributed by atoms with Crippen molar-refractivity contribution in [1.29, 1.82) is 0 Å². The van der Waals surface area contributed by atoms with E-state index < -0.39 is 5.97 Å². The first-order valence-corrected chi connectivity index (χ1v) is 14.7. The summed E-state index contributed by atoms with van der Waals surface area (Å²) in [6.45, 7) is 9.75. The third-order valence-electron chi connectivity index (χ3n) is 6.19. The quantitative estimate of drug-likeness (QED) is 0.0524. The summed E-state index contributed by atoms with van der Waals surface area (Å²) in [6, 6.07) is 21.0. The van der Waals surface area contributed by atoms with Crippen LogP contribution in [0.3, 0.4) is 0 Å². The minimum atomic E-state index is -0.473. The van der Waals surface area contributed by atoms with Crippen LogP contribution in [0.1, 0.15) is 48.5 Å². The van der Waals surface area contributed by atoms with Crippen LogP contribution in [0.4, 0.5) is 0 Å². The molecule has 8 heteroatoms. The molecule has 0 aromatic heterocycles. The number of hydrogen-bond acceptors (Lipinski definition) is 8. The minimum Gasteiger partial charge on any atom is -0.494 e. The van der Waals surface area contributed by atoms with Gasteiger partial charge in [-0.1, -0.05) is 38.3 Å². The molecule has 3 aromatic carbocycles. The van der Waals surface area contributed by atoms with Crippen molar-refractivity contribution in [2.75, 3.05) is 19.8 Å². The first-order valence-electron chi connectivity index (χ1n) is 13.8. The Morgan fingerprint density at radius 1 is 0.810 bits per heavy atom. The number of benzene rings is 3. The molecule has 0 N–H and O–H groups in total. The largest absolute Gasteiger partial charge is 0.494 e. The standard InChI is InChI=1S/C34H36O7S/c1-4-25-24-28(15-20-31(25)40-22-23-41-32(35)5-2)26-11-13-27(14-12-26)34(37)42-30-18-16-29(17-19-30)39-21-9-7-8-10-33(36)38-6-3/h5-6,11-20,24H,2-4,7-10,21-23H2,1H3. The van der Waals surface area contributed by atoms with Crippen LogP contribution < -0.4 is 9.47 Å². The Kier molecular flexibility index (Phi) is 13.4. The minimum absolute atomic E-state index is 0.0413. The van der Waals surface area contributed by atoms with Crippen molar-refractivity contribution in [3.05, 3.63) is 103 Å². The molecule has 42 heavy (non-hydrogen) atoms. The second kappa shape index (κ2) is 17.5. The molecule has 0 spiro atoms. The molecule has 3 aromatic rings. The lowest BCUT2D eigenvalue weighted by molar-refractivity contribution is -0.139. The molecule has 0 bridgehead atoms. The summed E-state index contributed by atoms with van der Waals surface area (Å²) in [7, 11) is 0. The average Bonchev–Trinajstić information content (AvgIpc) is 3.01. The van der Waals surface area contributed by atoms with E-state index in [9.17, 15) is 14.4 Å². The maximum Gasteiger partial charge on any atom is 0.330 e. The van der Waals surface area contributed by atoms with Crippen LogP contribution in [0.5, 0.6) is 11.5 Å². The maximum absolute atomic E-state index is 12.9. The number of thioether (sulfide) groups is 1. The van der Waals surface area contributed by atoms with Crippen molar-refractivity contribution in [3.63, 3.8) is 0 Å². The van der Waals surface area contributed by atoms with E-state index >= 15 is 0 Å². The van der Waals surface area contributed by atoms with Gasteiger partial charge in [-0.25, -0.2) is 4.79 Å². The van der Waals surface area contributed by atoms with Crippen molar-refractivity contribution < 1.29 is 33.3 Å². The van der Waals surface area contributed by atoms with Crippen LogP contribution in [0.2, 0.25) is 0 Å². The van der Waals surface area contributed by atoms with Crippen LogP contribution >= 0.6 is 11.8 Å². The van der Waals surface area contributed by atoms with Gasteiger partial charge in [-0.15, -0.1) is 0 Å². The SMILES string of the molecule is C=COC(=O)CCCCCOc1ccc(SC(=O)c2ccc(-c3ccc(OCCOC(=O)C=C)c(CC)c3)cc2)cc1. The van der Waals surface area contributed by atoms with Gasteiger partial charge in [-0.05, 0) is 103 Å². The van der Waals surface area contributed by atoms with Crippen molar-refractivity contribution in [1.82, 2.24) is 0 Å². The molecular formula is C34H36O7S. The molecule has 0 radical (unpaired) electrons. The zero-order valence-electron chi connectivity index (χ0n) is 23.8. The van der Waals surface area contributed by atoms with Gasteiger partial charge in [0.15, 0.2) is 0 Å². The fraction of sp³-hybridized carbons (Fsp3) is 0.265. The van der Waals surface area contributed by atoms with Crippen molar-refractivity contribution in [2.24, 2.45) is 0 Å². The zero-order chi connectivity index (χ0) is 30.2. The Hall–Kier alpha value is -4.30. The second-order valence-electron chi connectivity index (χ2n) is 9.15. The van der Waals surface area contributed by atoms with E-state index in [0.717, 1.165) is 71.1 Å². The first-order chi connectivity index (χ1) is 20.4. The van der Waals surface area contributed by atoms with Gasteiger partial charge < -0.3 is 18.9 Å². The molecule has 0 aliphatic carbocycles. The summed E-state index contributed by atoms with van der Waals surface area (Å²) >= 11 is 1.17. The third kappa shape index (κ3) is 10.6. The molecule has 0 amide bonds. The lowest BCUT2D eigenvalue weighted by Gasteiger charge is -2.13. The topological polar surface area (TPSA) is 88.1 Å². The van der Waals surface area contributed by atoms with Crippen molar-refractivity contribution in [3.8, 4) is 22.6 Å². The Balaban J connectivity index is 1.47. The van der Waals surface area contributed by atoms with Crippen molar-refractivity contribution in [2.45, 2.75) is 43.9 Å². The van der Waals surface area contributed by atoms with Gasteiger partial charge in [0.25, 0.3) is 0 Å². The van der Waals surface area contributed by atoms with E-state index in [4.69, 9.17) is 18.9 Å². The van der Waals surface area contributed by atoms with Gasteiger partial charge in [0.1, 0.15) is 24.7 Å². The van der Waals surface area contributed by atoms with E-state index in [1.165, 1.54) is 11.8 Å². The van der Waals surface area contributed by atoms with Gasteiger partial charge in [-0.3, -0.25) is 9.59 Å². The number of unbranched alkanes of at least 4 members (excludes halogenated alkanes) is 2. The lowest BCUT2D eigenvalue weighted by atomic mass is 10.0. The number of hydrogen-bond donors (Lipinski definition) is 0. The summed E-state index contributed by atoms with van der Waals surface area (Å²) in [5.41, 5.74) is 3.67. The van der Waals surface area contributed by atoms with E-state index in [0.29, 0.717) is 18.6 Å². The molecule has 3 rings (SSSR count). The molecule has 220 valence electrons.